The third-order valence-corrected chi connectivity index (χ3v) is 5.33. The number of carbonyl (C=O) groups excluding carboxylic acids is 1. The van der Waals surface area contributed by atoms with E-state index in [0.29, 0.717) is 24.8 Å². The van der Waals surface area contributed by atoms with Crippen molar-refractivity contribution in [2.45, 2.75) is 26.3 Å². The van der Waals surface area contributed by atoms with Crippen LogP contribution in [0.3, 0.4) is 0 Å². The lowest BCUT2D eigenvalue weighted by molar-refractivity contribution is -0.130. The molecule has 0 spiro atoms. The van der Waals surface area contributed by atoms with Crippen molar-refractivity contribution in [2.24, 2.45) is 5.92 Å². The van der Waals surface area contributed by atoms with E-state index in [1.54, 1.807) is 6.92 Å². The number of hydrogen-bond donors (Lipinski definition) is 0. The molecule has 3 aromatic rings. The van der Waals surface area contributed by atoms with Gasteiger partial charge in [-0.2, -0.15) is 0 Å². The number of fused-ring (bicyclic) bond motifs is 1. The lowest BCUT2D eigenvalue weighted by Gasteiger charge is -2.30. The van der Waals surface area contributed by atoms with Crippen LogP contribution in [0.2, 0.25) is 0 Å². The number of likely N-dealkylation sites (tertiary alicyclic amines) is 1. The third-order valence-electron chi connectivity index (χ3n) is 5.33. The normalized spacial score (nSPS) is 15.1. The van der Waals surface area contributed by atoms with Gasteiger partial charge in [-0.15, -0.1) is 0 Å². The smallest absolute Gasteiger partial charge is 0.227 e. The van der Waals surface area contributed by atoms with Crippen LogP contribution >= 0.6 is 0 Å². The van der Waals surface area contributed by atoms with Gasteiger partial charge in [-0.1, -0.05) is 24.3 Å². The highest BCUT2D eigenvalue weighted by molar-refractivity contribution is 5.82. The van der Waals surface area contributed by atoms with E-state index in [0.717, 1.165) is 36.7 Å². The number of nitrogens with zero attached hydrogens (tertiary/aromatic N) is 2. The first-order valence-corrected chi connectivity index (χ1v) is 9.63. The monoisotopic (exact) mass is 380 g/mol. The fraction of sp³-hybridized carbons (Fsp3) is 0.364. The van der Waals surface area contributed by atoms with Crippen molar-refractivity contribution in [1.82, 2.24) is 9.47 Å². The molecule has 0 bridgehead atoms. The van der Waals surface area contributed by atoms with Crippen LogP contribution in [0.25, 0.3) is 10.8 Å². The maximum absolute atomic E-state index is 12.4. The van der Waals surface area contributed by atoms with Crippen LogP contribution in [-0.4, -0.2) is 35.1 Å². The maximum Gasteiger partial charge on any atom is 0.227 e. The van der Waals surface area contributed by atoms with Gasteiger partial charge in [-0.25, -0.2) is 0 Å². The summed E-state index contributed by atoms with van der Waals surface area (Å²) in [6.45, 7) is 4.07. The number of ether oxygens (including phenoxy) is 1. The third kappa shape index (κ3) is 4.11. The first kappa shape index (κ1) is 18.3. The van der Waals surface area contributed by atoms with Gasteiger partial charge in [0, 0.05) is 38.5 Å². The Labute approximate surface area is 163 Å². The van der Waals surface area contributed by atoms with Gasteiger partial charge in [0.05, 0.1) is 13.2 Å². The summed E-state index contributed by atoms with van der Waals surface area (Å²) in [4.78, 5) is 25.6. The van der Waals surface area contributed by atoms with E-state index in [1.165, 1.54) is 12.3 Å². The first-order chi connectivity index (χ1) is 13.6. The molecular weight excluding hydrogens is 356 g/mol. The predicted octanol–water partition coefficient (Wildman–Crippen LogP) is 3.28. The lowest BCUT2D eigenvalue weighted by atomic mass is 9.98. The van der Waals surface area contributed by atoms with Crippen LogP contribution in [0.15, 0.2) is 58.2 Å². The molecule has 0 aliphatic carbocycles. The Kier molecular flexibility index (Phi) is 5.19. The van der Waals surface area contributed by atoms with Gasteiger partial charge in [0.2, 0.25) is 17.1 Å². The minimum absolute atomic E-state index is 0.117. The second kappa shape index (κ2) is 7.92. The summed E-state index contributed by atoms with van der Waals surface area (Å²) in [6.07, 6.45) is 7.26. The summed E-state index contributed by atoms with van der Waals surface area (Å²) in [7, 11) is 0. The zero-order chi connectivity index (χ0) is 19.5. The second-order valence-corrected chi connectivity index (χ2v) is 7.39. The molecule has 6 nitrogen and oxygen atoms in total. The molecule has 1 aromatic carbocycles. The van der Waals surface area contributed by atoms with Gasteiger partial charge in [-0.3, -0.25) is 9.59 Å². The van der Waals surface area contributed by atoms with E-state index in [2.05, 4.69) is 12.1 Å². The molecule has 1 fully saturated rings. The van der Waals surface area contributed by atoms with Crippen molar-refractivity contribution >= 4 is 16.7 Å². The molecule has 0 unspecified atom stereocenters. The molecule has 2 aromatic heterocycles. The molecule has 1 amide bonds. The average molecular weight is 380 g/mol. The Hall–Kier alpha value is -3.02. The molecule has 1 saturated heterocycles. The molecule has 1 aliphatic heterocycles. The van der Waals surface area contributed by atoms with Gasteiger partial charge < -0.3 is 18.6 Å². The van der Waals surface area contributed by atoms with Crippen LogP contribution in [-0.2, 0) is 11.3 Å². The van der Waals surface area contributed by atoms with Crippen LogP contribution in [0, 0.1) is 5.92 Å². The standard InChI is InChI=1S/C22H24N2O4/c1-16(25)24-8-6-17(7-9-24)14-28-22-15-27-20(10-21(22)26)13-23-11-18-4-2-3-5-19(18)12-23/h2-5,10-12,15,17H,6-9,13-14H2,1H3. The Balaban J connectivity index is 1.35. The highest BCUT2D eigenvalue weighted by Crippen LogP contribution is 2.19. The largest absolute Gasteiger partial charge is 0.486 e. The van der Waals surface area contributed by atoms with E-state index in [1.807, 2.05) is 34.0 Å². The molecule has 0 saturated carbocycles. The van der Waals surface area contributed by atoms with Crippen LogP contribution in [0.4, 0.5) is 0 Å². The fourth-order valence-corrected chi connectivity index (χ4v) is 3.66. The topological polar surface area (TPSA) is 64.7 Å². The predicted molar refractivity (Wildman–Crippen MR) is 106 cm³/mol. The van der Waals surface area contributed by atoms with Crippen LogP contribution < -0.4 is 10.2 Å². The Morgan fingerprint density at radius 2 is 1.86 bits per heavy atom. The molecule has 28 heavy (non-hydrogen) atoms. The lowest BCUT2D eigenvalue weighted by Crippen LogP contribution is -2.38. The molecular formula is C22H24N2O4. The molecule has 4 rings (SSSR count). The average Bonchev–Trinajstić information content (AvgIpc) is 3.10. The maximum atomic E-state index is 12.4. The number of amides is 1. The molecule has 0 radical (unpaired) electrons. The summed E-state index contributed by atoms with van der Waals surface area (Å²) in [5.74, 6) is 1.30. The van der Waals surface area contributed by atoms with Crippen molar-refractivity contribution in [1.29, 1.82) is 0 Å². The number of rotatable bonds is 5. The summed E-state index contributed by atoms with van der Waals surface area (Å²) in [5.41, 5.74) is -0.167. The highest BCUT2D eigenvalue weighted by atomic mass is 16.5. The Bertz CT molecular complexity index is 995. The van der Waals surface area contributed by atoms with Crippen LogP contribution in [0.1, 0.15) is 25.5 Å². The van der Waals surface area contributed by atoms with E-state index < -0.39 is 0 Å². The Morgan fingerprint density at radius 1 is 1.18 bits per heavy atom. The second-order valence-electron chi connectivity index (χ2n) is 7.39. The molecule has 146 valence electrons. The molecule has 3 heterocycles. The van der Waals surface area contributed by atoms with Crippen LogP contribution in [0.5, 0.6) is 5.75 Å². The molecule has 1 aliphatic rings. The van der Waals surface area contributed by atoms with Crippen molar-refractivity contribution in [2.75, 3.05) is 19.7 Å². The molecule has 0 N–H and O–H groups in total. The summed E-state index contributed by atoms with van der Waals surface area (Å²) in [6, 6.07) is 9.61. The van der Waals surface area contributed by atoms with Crippen molar-refractivity contribution in [3.8, 4) is 5.75 Å². The van der Waals surface area contributed by atoms with Crippen molar-refractivity contribution < 1.29 is 13.9 Å². The van der Waals surface area contributed by atoms with E-state index in [9.17, 15) is 9.59 Å². The summed E-state index contributed by atoms with van der Waals surface area (Å²) in [5, 5.41) is 2.31. The van der Waals surface area contributed by atoms with E-state index in [-0.39, 0.29) is 17.1 Å². The number of hydrogen-bond acceptors (Lipinski definition) is 4. The molecule has 6 heteroatoms. The van der Waals surface area contributed by atoms with Gasteiger partial charge in [0.15, 0.2) is 0 Å². The van der Waals surface area contributed by atoms with E-state index >= 15 is 0 Å². The minimum atomic E-state index is -0.167. The summed E-state index contributed by atoms with van der Waals surface area (Å²) >= 11 is 0. The van der Waals surface area contributed by atoms with Gasteiger partial charge >= 0.3 is 0 Å². The number of carbonyl (C=O) groups is 1. The molecule has 0 atom stereocenters. The number of aromatic nitrogens is 1. The summed E-state index contributed by atoms with van der Waals surface area (Å²) < 4.78 is 13.3. The fourth-order valence-electron chi connectivity index (χ4n) is 3.66. The Morgan fingerprint density at radius 3 is 2.46 bits per heavy atom. The SMILES string of the molecule is CC(=O)N1CCC(COc2coc(Cn3cc4ccccc4c3)cc2=O)CC1. The minimum Gasteiger partial charge on any atom is -0.486 e. The van der Waals surface area contributed by atoms with Crippen molar-refractivity contribution in [3.05, 3.63) is 65.0 Å². The highest BCUT2D eigenvalue weighted by Gasteiger charge is 2.21. The quantitative estimate of drug-likeness (QED) is 0.681. The zero-order valence-corrected chi connectivity index (χ0v) is 16.0. The van der Waals surface area contributed by atoms with Crippen molar-refractivity contribution in [3.63, 3.8) is 0 Å². The van der Waals surface area contributed by atoms with Gasteiger partial charge in [0.25, 0.3) is 0 Å². The number of piperidine rings is 1. The van der Waals surface area contributed by atoms with Gasteiger partial charge in [0.1, 0.15) is 12.0 Å². The van der Waals surface area contributed by atoms with E-state index in [4.69, 9.17) is 9.15 Å². The number of benzene rings is 1. The zero-order valence-electron chi connectivity index (χ0n) is 16.0. The van der Waals surface area contributed by atoms with Gasteiger partial charge in [-0.05, 0) is 29.5 Å². The first-order valence-electron chi connectivity index (χ1n) is 9.63.